The van der Waals surface area contributed by atoms with Crippen LogP contribution in [0.15, 0.2) is 30.5 Å². The van der Waals surface area contributed by atoms with Crippen molar-refractivity contribution in [1.29, 1.82) is 0 Å². The van der Waals surface area contributed by atoms with Crippen molar-refractivity contribution in [1.82, 2.24) is 9.78 Å². The number of carbonyl (C=O) groups is 1. The molecule has 1 amide bonds. The lowest BCUT2D eigenvalue weighted by atomic mass is 10.2. The molecule has 2 aromatic rings. The number of nitrogens with one attached hydrogen (secondary N) is 1. The molecule has 0 unspecified atom stereocenters. The Morgan fingerprint density at radius 2 is 2.16 bits per heavy atom. The van der Waals surface area contributed by atoms with E-state index in [0.29, 0.717) is 22.1 Å². The van der Waals surface area contributed by atoms with Gasteiger partial charge in [-0.25, -0.2) is 4.68 Å². The van der Waals surface area contributed by atoms with E-state index in [0.717, 1.165) is 0 Å². The highest BCUT2D eigenvalue weighted by Gasteiger charge is 2.12. The van der Waals surface area contributed by atoms with Crippen LogP contribution in [0.5, 0.6) is 0 Å². The average molecular weight is 279 g/mol. The first-order valence-corrected chi connectivity index (χ1v) is 6.26. The molecule has 0 aliphatic heterocycles. The third-order valence-electron chi connectivity index (χ3n) is 2.58. The van der Waals surface area contributed by atoms with E-state index in [4.69, 9.17) is 17.3 Å². The summed E-state index contributed by atoms with van der Waals surface area (Å²) in [7, 11) is 0. The van der Waals surface area contributed by atoms with Crippen LogP contribution in [-0.2, 0) is 0 Å². The molecule has 2 rings (SSSR count). The largest absolute Gasteiger partial charge is 0.399 e. The predicted octanol–water partition coefficient (Wildman–Crippen LogP) is 2.95. The van der Waals surface area contributed by atoms with Gasteiger partial charge in [0.1, 0.15) is 5.82 Å². The average Bonchev–Trinajstić information content (AvgIpc) is 2.75. The van der Waals surface area contributed by atoms with Crippen LogP contribution < -0.4 is 11.1 Å². The molecule has 5 nitrogen and oxygen atoms in total. The molecule has 0 saturated carbocycles. The number of nitrogens with two attached hydrogens (primary N) is 1. The van der Waals surface area contributed by atoms with Crippen molar-refractivity contribution in [2.75, 3.05) is 11.1 Å². The van der Waals surface area contributed by atoms with Gasteiger partial charge < -0.3 is 11.1 Å². The Labute approximate surface area is 116 Å². The van der Waals surface area contributed by atoms with Crippen molar-refractivity contribution in [3.05, 3.63) is 41.0 Å². The third kappa shape index (κ3) is 3.06. The van der Waals surface area contributed by atoms with Gasteiger partial charge >= 0.3 is 0 Å². The molecule has 0 atom stereocenters. The summed E-state index contributed by atoms with van der Waals surface area (Å²) in [6, 6.07) is 6.65. The summed E-state index contributed by atoms with van der Waals surface area (Å²) in [5.41, 5.74) is 6.54. The minimum absolute atomic E-state index is 0.162. The Hall–Kier alpha value is -2.01. The van der Waals surface area contributed by atoms with Gasteiger partial charge in [-0.15, -0.1) is 0 Å². The van der Waals surface area contributed by atoms with Crippen molar-refractivity contribution >= 4 is 29.0 Å². The van der Waals surface area contributed by atoms with Crippen molar-refractivity contribution in [3.63, 3.8) is 0 Å². The molecule has 0 spiro atoms. The molecule has 6 heteroatoms. The zero-order chi connectivity index (χ0) is 14.0. The summed E-state index contributed by atoms with van der Waals surface area (Å²) in [4.78, 5) is 12.1. The molecule has 0 fully saturated rings. The molecule has 100 valence electrons. The topological polar surface area (TPSA) is 72.9 Å². The quantitative estimate of drug-likeness (QED) is 0.848. The van der Waals surface area contributed by atoms with Crippen LogP contribution in [0, 0.1) is 0 Å². The first kappa shape index (κ1) is 13.4. The van der Waals surface area contributed by atoms with Crippen LogP contribution in [0.3, 0.4) is 0 Å². The Bertz CT molecular complexity index is 586. The lowest BCUT2D eigenvalue weighted by Gasteiger charge is -2.12. The Morgan fingerprint density at radius 3 is 2.79 bits per heavy atom. The molecule has 1 aromatic carbocycles. The molecule has 0 aliphatic carbocycles. The summed E-state index contributed by atoms with van der Waals surface area (Å²) in [5.74, 6) is 0.371. The predicted molar refractivity (Wildman–Crippen MR) is 76.4 cm³/mol. The van der Waals surface area contributed by atoms with Crippen LogP contribution >= 0.6 is 11.6 Å². The van der Waals surface area contributed by atoms with Crippen molar-refractivity contribution in [3.8, 4) is 0 Å². The summed E-state index contributed by atoms with van der Waals surface area (Å²) < 4.78 is 1.73. The highest BCUT2D eigenvalue weighted by atomic mass is 35.5. The maximum Gasteiger partial charge on any atom is 0.256 e. The lowest BCUT2D eigenvalue weighted by Crippen LogP contribution is -2.16. The number of amides is 1. The second-order valence-electron chi connectivity index (χ2n) is 4.48. The van der Waals surface area contributed by atoms with Crippen molar-refractivity contribution in [2.45, 2.75) is 19.9 Å². The second-order valence-corrected chi connectivity index (χ2v) is 4.92. The second kappa shape index (κ2) is 5.32. The van der Waals surface area contributed by atoms with Gasteiger partial charge in [0.25, 0.3) is 5.91 Å². The fourth-order valence-corrected chi connectivity index (χ4v) is 2.00. The van der Waals surface area contributed by atoms with E-state index in [1.807, 2.05) is 13.8 Å². The zero-order valence-corrected chi connectivity index (χ0v) is 11.5. The minimum atomic E-state index is -0.267. The maximum absolute atomic E-state index is 12.1. The number of halogens is 1. The number of hydrogen-bond acceptors (Lipinski definition) is 3. The Morgan fingerprint density at radius 1 is 1.42 bits per heavy atom. The monoisotopic (exact) mass is 278 g/mol. The van der Waals surface area contributed by atoms with E-state index in [1.54, 1.807) is 35.1 Å². The van der Waals surface area contributed by atoms with Gasteiger partial charge in [-0.1, -0.05) is 11.6 Å². The van der Waals surface area contributed by atoms with Crippen molar-refractivity contribution < 1.29 is 4.79 Å². The smallest absolute Gasteiger partial charge is 0.256 e. The number of anilines is 2. The fraction of sp³-hybridized carbons (Fsp3) is 0.231. The Balaban J connectivity index is 2.23. The zero-order valence-electron chi connectivity index (χ0n) is 10.7. The first-order chi connectivity index (χ1) is 8.97. The molecular weight excluding hydrogens is 264 g/mol. The normalized spacial score (nSPS) is 10.7. The third-order valence-corrected chi connectivity index (χ3v) is 2.80. The van der Waals surface area contributed by atoms with Gasteiger partial charge in [0.2, 0.25) is 0 Å². The number of nitrogen functional groups attached to an aromatic ring is 1. The lowest BCUT2D eigenvalue weighted by molar-refractivity contribution is 0.102. The van der Waals surface area contributed by atoms with E-state index in [1.165, 1.54) is 0 Å². The fourth-order valence-electron chi connectivity index (χ4n) is 1.76. The van der Waals surface area contributed by atoms with E-state index < -0.39 is 0 Å². The van der Waals surface area contributed by atoms with Gasteiger partial charge in [0.15, 0.2) is 0 Å². The van der Waals surface area contributed by atoms with E-state index in [2.05, 4.69) is 10.4 Å². The highest BCUT2D eigenvalue weighted by Crippen LogP contribution is 2.19. The minimum Gasteiger partial charge on any atom is -0.399 e. The van der Waals surface area contributed by atoms with Gasteiger partial charge in [-0.2, -0.15) is 5.10 Å². The van der Waals surface area contributed by atoms with E-state index >= 15 is 0 Å². The molecular formula is C13H15ClN4O. The standard InChI is InChI=1S/C13H15ClN4O/c1-8(2)18-12(3-4-16-18)17-13(19)9-5-10(14)7-11(15)6-9/h3-8H,15H2,1-2H3,(H,17,19). The highest BCUT2D eigenvalue weighted by molar-refractivity contribution is 6.31. The van der Waals surface area contributed by atoms with Crippen LogP contribution in [-0.4, -0.2) is 15.7 Å². The molecule has 0 bridgehead atoms. The molecule has 0 aliphatic rings. The summed E-state index contributed by atoms with van der Waals surface area (Å²) in [6.45, 7) is 3.97. The van der Waals surface area contributed by atoms with Crippen molar-refractivity contribution in [2.24, 2.45) is 0 Å². The van der Waals surface area contributed by atoms with E-state index in [-0.39, 0.29) is 11.9 Å². The number of hydrogen-bond donors (Lipinski definition) is 2. The number of rotatable bonds is 3. The number of benzene rings is 1. The van der Waals surface area contributed by atoms with Gasteiger partial charge in [0.05, 0.1) is 6.20 Å². The molecule has 1 aromatic heterocycles. The molecule has 19 heavy (non-hydrogen) atoms. The SMILES string of the molecule is CC(C)n1nccc1NC(=O)c1cc(N)cc(Cl)c1. The molecule has 0 saturated heterocycles. The van der Waals surface area contributed by atoms with Gasteiger partial charge in [-0.05, 0) is 32.0 Å². The molecule has 0 radical (unpaired) electrons. The number of aromatic nitrogens is 2. The summed E-state index contributed by atoms with van der Waals surface area (Å²) in [6.07, 6.45) is 1.64. The van der Waals surface area contributed by atoms with Crippen LogP contribution in [0.4, 0.5) is 11.5 Å². The summed E-state index contributed by atoms with van der Waals surface area (Å²) >= 11 is 5.88. The molecule has 3 N–H and O–H groups in total. The van der Waals surface area contributed by atoms with Crippen LogP contribution in [0.25, 0.3) is 0 Å². The first-order valence-electron chi connectivity index (χ1n) is 5.88. The van der Waals surface area contributed by atoms with E-state index in [9.17, 15) is 4.79 Å². The number of nitrogens with zero attached hydrogens (tertiary/aromatic N) is 2. The molecule has 1 heterocycles. The van der Waals surface area contributed by atoms with Gasteiger partial charge in [-0.3, -0.25) is 4.79 Å². The van der Waals surface area contributed by atoms with Crippen LogP contribution in [0.2, 0.25) is 5.02 Å². The van der Waals surface area contributed by atoms with Gasteiger partial charge in [0, 0.05) is 28.4 Å². The maximum atomic E-state index is 12.1. The van der Waals surface area contributed by atoms with Crippen LogP contribution in [0.1, 0.15) is 30.2 Å². The Kier molecular flexibility index (Phi) is 3.76. The number of carbonyl (C=O) groups excluding carboxylic acids is 1. The summed E-state index contributed by atoms with van der Waals surface area (Å²) in [5, 5.41) is 7.37.